The van der Waals surface area contributed by atoms with Crippen LogP contribution in [-0.2, 0) is 11.3 Å². The average molecular weight is 274 g/mol. The number of rotatable bonds is 5. The van der Waals surface area contributed by atoms with Crippen molar-refractivity contribution in [3.63, 3.8) is 0 Å². The third-order valence-corrected chi connectivity index (χ3v) is 3.36. The Morgan fingerprint density at radius 2 is 2.11 bits per heavy atom. The maximum absolute atomic E-state index is 13.3. The van der Waals surface area contributed by atoms with Crippen LogP contribution in [0.1, 0.15) is 26.3 Å². The largest absolute Gasteiger partial charge is 0.480 e. The lowest BCUT2D eigenvalue weighted by Gasteiger charge is -2.34. The summed E-state index contributed by atoms with van der Waals surface area (Å²) in [5.41, 5.74) is -0.293. The molecule has 0 amide bonds. The van der Waals surface area contributed by atoms with Crippen molar-refractivity contribution in [3.05, 3.63) is 34.6 Å². The summed E-state index contributed by atoms with van der Waals surface area (Å²) in [7, 11) is 0. The number of carbonyl (C=O) groups is 1. The molecule has 0 radical (unpaired) electrons. The van der Waals surface area contributed by atoms with Gasteiger partial charge in [0.25, 0.3) is 0 Å². The summed E-state index contributed by atoms with van der Waals surface area (Å²) in [6.07, 6.45) is 0. The Morgan fingerprint density at radius 1 is 1.50 bits per heavy atom. The van der Waals surface area contributed by atoms with E-state index in [0.717, 1.165) is 0 Å². The van der Waals surface area contributed by atoms with Crippen LogP contribution in [0.15, 0.2) is 18.2 Å². The zero-order chi connectivity index (χ0) is 13.9. The third kappa shape index (κ3) is 3.21. The highest BCUT2D eigenvalue weighted by molar-refractivity contribution is 6.30. The number of benzene rings is 1. The van der Waals surface area contributed by atoms with Gasteiger partial charge in [-0.25, -0.2) is 4.39 Å². The molecule has 0 aliphatic heterocycles. The van der Waals surface area contributed by atoms with E-state index in [-0.39, 0.29) is 5.02 Å². The van der Waals surface area contributed by atoms with Gasteiger partial charge in [0.15, 0.2) is 0 Å². The number of nitrogens with zero attached hydrogens (tertiary/aromatic N) is 1. The first-order valence-electron chi connectivity index (χ1n) is 5.71. The molecule has 1 N–H and O–H groups in total. The molecule has 0 atom stereocenters. The van der Waals surface area contributed by atoms with Crippen molar-refractivity contribution in [1.82, 2.24) is 4.90 Å². The number of hydrogen-bond donors (Lipinski definition) is 1. The summed E-state index contributed by atoms with van der Waals surface area (Å²) in [4.78, 5) is 13.0. The van der Waals surface area contributed by atoms with Gasteiger partial charge in [0.1, 0.15) is 11.4 Å². The van der Waals surface area contributed by atoms with E-state index < -0.39 is 17.3 Å². The number of likely N-dealkylation sites (N-methyl/N-ethyl adjacent to an activating group) is 1. The lowest BCUT2D eigenvalue weighted by molar-refractivity contribution is -0.149. The fourth-order valence-corrected chi connectivity index (χ4v) is 1.82. The van der Waals surface area contributed by atoms with E-state index in [0.29, 0.717) is 18.7 Å². The van der Waals surface area contributed by atoms with Crippen LogP contribution in [0.3, 0.4) is 0 Å². The number of carboxylic acids is 1. The van der Waals surface area contributed by atoms with Gasteiger partial charge >= 0.3 is 5.97 Å². The zero-order valence-electron chi connectivity index (χ0n) is 10.7. The molecule has 3 nitrogen and oxygen atoms in total. The number of aliphatic carboxylic acids is 1. The van der Waals surface area contributed by atoms with Crippen LogP contribution in [-0.4, -0.2) is 28.1 Å². The molecule has 100 valence electrons. The van der Waals surface area contributed by atoms with Crippen LogP contribution in [0.25, 0.3) is 0 Å². The lowest BCUT2D eigenvalue weighted by atomic mass is 10.0. The van der Waals surface area contributed by atoms with E-state index in [9.17, 15) is 14.3 Å². The van der Waals surface area contributed by atoms with Gasteiger partial charge in [-0.3, -0.25) is 9.69 Å². The molecule has 0 aliphatic rings. The van der Waals surface area contributed by atoms with Gasteiger partial charge in [0.2, 0.25) is 0 Å². The van der Waals surface area contributed by atoms with Crippen molar-refractivity contribution in [1.29, 1.82) is 0 Å². The van der Waals surface area contributed by atoms with Crippen molar-refractivity contribution in [2.75, 3.05) is 6.54 Å². The summed E-state index contributed by atoms with van der Waals surface area (Å²) < 4.78 is 13.3. The van der Waals surface area contributed by atoms with Crippen molar-refractivity contribution < 1.29 is 14.3 Å². The molecule has 0 unspecified atom stereocenters. The minimum absolute atomic E-state index is 0.0688. The summed E-state index contributed by atoms with van der Waals surface area (Å²) >= 11 is 5.61. The van der Waals surface area contributed by atoms with Gasteiger partial charge in [-0.15, -0.1) is 0 Å². The van der Waals surface area contributed by atoms with Crippen molar-refractivity contribution in [2.24, 2.45) is 0 Å². The van der Waals surface area contributed by atoms with Crippen LogP contribution in [0.4, 0.5) is 4.39 Å². The molecule has 5 heteroatoms. The lowest BCUT2D eigenvalue weighted by Crippen LogP contribution is -2.49. The van der Waals surface area contributed by atoms with Gasteiger partial charge in [-0.1, -0.05) is 24.6 Å². The topological polar surface area (TPSA) is 40.5 Å². The summed E-state index contributed by atoms with van der Waals surface area (Å²) in [6.45, 7) is 6.06. The van der Waals surface area contributed by atoms with E-state index in [4.69, 9.17) is 11.6 Å². The minimum Gasteiger partial charge on any atom is -0.480 e. The Kier molecular flexibility index (Phi) is 4.71. The third-order valence-electron chi connectivity index (χ3n) is 3.05. The predicted molar refractivity (Wildman–Crippen MR) is 69.2 cm³/mol. The second kappa shape index (κ2) is 5.67. The fourth-order valence-electron chi connectivity index (χ4n) is 1.70. The minimum atomic E-state index is -0.995. The zero-order valence-corrected chi connectivity index (χ0v) is 11.5. The van der Waals surface area contributed by atoms with Crippen molar-refractivity contribution >= 4 is 17.6 Å². The molecule has 0 bridgehead atoms. The van der Waals surface area contributed by atoms with E-state index in [2.05, 4.69) is 0 Å². The van der Waals surface area contributed by atoms with Crippen LogP contribution in [0.5, 0.6) is 0 Å². The first kappa shape index (κ1) is 14.9. The molecule has 0 saturated carbocycles. The first-order chi connectivity index (χ1) is 8.28. The molecule has 0 fully saturated rings. The summed E-state index contributed by atoms with van der Waals surface area (Å²) in [6, 6.07) is 4.52. The molecule has 0 spiro atoms. The molecule has 0 saturated heterocycles. The maximum Gasteiger partial charge on any atom is 0.323 e. The molecule has 1 aromatic carbocycles. The van der Waals surface area contributed by atoms with Crippen molar-refractivity contribution in [3.8, 4) is 0 Å². The van der Waals surface area contributed by atoms with Crippen LogP contribution >= 0.6 is 11.6 Å². The number of carboxylic acid groups (broad SMARTS) is 1. The van der Waals surface area contributed by atoms with Gasteiger partial charge in [-0.2, -0.15) is 0 Å². The highest BCUT2D eigenvalue weighted by Gasteiger charge is 2.33. The van der Waals surface area contributed by atoms with Crippen LogP contribution < -0.4 is 0 Å². The molecule has 1 rings (SSSR count). The smallest absolute Gasteiger partial charge is 0.323 e. The van der Waals surface area contributed by atoms with Crippen molar-refractivity contribution in [2.45, 2.75) is 32.9 Å². The molecule has 1 aromatic rings. The highest BCUT2D eigenvalue weighted by Crippen LogP contribution is 2.21. The van der Waals surface area contributed by atoms with Gasteiger partial charge < -0.3 is 5.11 Å². The number of halogens is 2. The number of hydrogen-bond acceptors (Lipinski definition) is 2. The molecular weight excluding hydrogens is 257 g/mol. The molecule has 0 aromatic heterocycles. The second-order valence-corrected chi connectivity index (χ2v) is 5.03. The molecule has 18 heavy (non-hydrogen) atoms. The predicted octanol–water partition coefficient (Wildman–Crippen LogP) is 3.16. The molecule has 0 aliphatic carbocycles. The van der Waals surface area contributed by atoms with Crippen LogP contribution in [0.2, 0.25) is 5.02 Å². The highest BCUT2D eigenvalue weighted by atomic mass is 35.5. The van der Waals surface area contributed by atoms with E-state index in [1.54, 1.807) is 24.8 Å². The molecule has 0 heterocycles. The van der Waals surface area contributed by atoms with E-state index >= 15 is 0 Å². The SMILES string of the molecule is CCN(Cc1ccc(Cl)c(F)c1)C(C)(C)C(=O)O. The van der Waals surface area contributed by atoms with Gasteiger partial charge in [0, 0.05) is 6.54 Å². The standard InChI is InChI=1S/C13H17ClFNO2/c1-4-16(13(2,3)12(17)18)8-9-5-6-10(14)11(15)7-9/h5-7H,4,8H2,1-3H3,(H,17,18). The first-order valence-corrected chi connectivity index (χ1v) is 6.09. The monoisotopic (exact) mass is 273 g/mol. The normalized spacial score (nSPS) is 11.9. The van der Waals surface area contributed by atoms with E-state index in [1.807, 2.05) is 6.92 Å². The Labute approximate surface area is 111 Å². The van der Waals surface area contributed by atoms with Gasteiger partial charge in [-0.05, 0) is 38.1 Å². The second-order valence-electron chi connectivity index (χ2n) is 4.63. The Balaban J connectivity index is 2.93. The summed E-state index contributed by atoms with van der Waals surface area (Å²) in [5, 5.41) is 9.25. The Bertz CT molecular complexity index is 449. The van der Waals surface area contributed by atoms with Gasteiger partial charge in [0.05, 0.1) is 5.02 Å². The Morgan fingerprint density at radius 3 is 2.56 bits per heavy atom. The van der Waals surface area contributed by atoms with Crippen LogP contribution in [0, 0.1) is 5.82 Å². The fraction of sp³-hybridized carbons (Fsp3) is 0.462. The summed E-state index contributed by atoms with van der Waals surface area (Å²) in [5.74, 6) is -1.39. The quantitative estimate of drug-likeness (QED) is 0.896. The average Bonchev–Trinajstić information content (AvgIpc) is 2.30. The maximum atomic E-state index is 13.3. The Hall–Kier alpha value is -1.13. The molecular formula is C13H17ClFNO2. The van der Waals surface area contributed by atoms with E-state index in [1.165, 1.54) is 12.1 Å².